The summed E-state index contributed by atoms with van der Waals surface area (Å²) in [5.74, 6) is -0.468. The van der Waals surface area contributed by atoms with Crippen LogP contribution in [0, 0.1) is 0 Å². The maximum Gasteiger partial charge on any atom is 0.420 e. The number of hydrogen-bond donors (Lipinski definition) is 0. The van der Waals surface area contributed by atoms with Gasteiger partial charge in [-0.1, -0.05) is 36.4 Å². The predicted octanol–water partition coefficient (Wildman–Crippen LogP) is 7.12. The van der Waals surface area contributed by atoms with Crippen LogP contribution in [0.4, 0.5) is 15.3 Å². The molecule has 2 amide bonds. The second-order valence-electron chi connectivity index (χ2n) is 16.0. The summed E-state index contributed by atoms with van der Waals surface area (Å²) in [6.45, 7) is 13.7. The molecule has 0 N–H and O–H groups in total. The molecule has 0 bridgehead atoms. The smallest absolute Gasteiger partial charge is 0.420 e. The summed E-state index contributed by atoms with van der Waals surface area (Å²) >= 11 is 0. The number of fused-ring (bicyclic) bond motifs is 3. The number of amides is 2. The van der Waals surface area contributed by atoms with E-state index in [1.54, 1.807) is 35.2 Å². The van der Waals surface area contributed by atoms with E-state index in [2.05, 4.69) is 4.90 Å². The highest BCUT2D eigenvalue weighted by atomic mass is 32.2. The third kappa shape index (κ3) is 7.54. The third-order valence-corrected chi connectivity index (χ3v) is 11.7. The molecule has 0 spiro atoms. The van der Waals surface area contributed by atoms with Gasteiger partial charge in [-0.15, -0.1) is 0 Å². The Morgan fingerprint density at radius 2 is 1.53 bits per heavy atom. The molecule has 0 radical (unpaired) electrons. The maximum absolute atomic E-state index is 14.3. The molecule has 282 valence electrons. The molecule has 4 heterocycles. The van der Waals surface area contributed by atoms with Gasteiger partial charge >= 0.3 is 18.1 Å². The lowest BCUT2D eigenvalue weighted by molar-refractivity contribution is 0.0544. The minimum Gasteiger partial charge on any atom is -0.465 e. The van der Waals surface area contributed by atoms with E-state index >= 15 is 0 Å². The number of anilines is 1. The monoisotopic (exact) mass is 743 g/mol. The van der Waals surface area contributed by atoms with E-state index in [9.17, 15) is 22.8 Å². The number of carbonyl (C=O) groups excluding carboxylic acids is 3. The zero-order valence-corrected chi connectivity index (χ0v) is 32.8. The van der Waals surface area contributed by atoms with Gasteiger partial charge in [0.15, 0.2) is 5.65 Å². The SMILES string of the molecule is COC(=O)c1ccc(-c2c(-c3ccc(CN4CCC(S(C)(=O)=O)CC4)cc3)n(C(=O)OC(C)(C)C)c3ncc4c(c23)CN(C(C)(C)C)C(=O)N4C)cc1. The van der Waals surface area contributed by atoms with Crippen LogP contribution < -0.4 is 4.90 Å². The topological polar surface area (TPSA) is 131 Å². The van der Waals surface area contributed by atoms with Crippen LogP contribution in [0.1, 0.15) is 75.9 Å². The van der Waals surface area contributed by atoms with Gasteiger partial charge in [0.25, 0.3) is 0 Å². The number of sulfone groups is 1. The third-order valence-electron chi connectivity index (χ3n) is 10.0. The molecular formula is C40H49N5O7S. The fourth-order valence-electron chi connectivity index (χ4n) is 7.23. The average molecular weight is 744 g/mol. The minimum atomic E-state index is -3.07. The van der Waals surface area contributed by atoms with Crippen molar-refractivity contribution in [3.05, 3.63) is 71.4 Å². The summed E-state index contributed by atoms with van der Waals surface area (Å²) in [6.07, 6.45) is 3.56. The standard InChI is InChI=1S/C40H49N5O7S/c1-39(2,3)44-24-30-31(42(7)37(44)47)22-41-35-33(30)32(26-14-16-28(17-15-26)36(46)51-8)34(45(35)38(48)52-40(4,5)6)27-12-10-25(11-13-27)23-43-20-18-29(19-21-43)53(9,49)50/h10-17,22,29H,18-21,23-24H2,1-9H3. The number of aromatic nitrogens is 2. The van der Waals surface area contributed by atoms with Gasteiger partial charge in [0, 0.05) is 41.9 Å². The van der Waals surface area contributed by atoms with Crippen LogP contribution in [0.3, 0.4) is 0 Å². The highest BCUT2D eigenvalue weighted by Gasteiger charge is 2.39. The van der Waals surface area contributed by atoms with Crippen LogP contribution >= 0.6 is 0 Å². The highest BCUT2D eigenvalue weighted by Crippen LogP contribution is 2.46. The largest absolute Gasteiger partial charge is 0.465 e. The minimum absolute atomic E-state index is 0.155. The quantitative estimate of drug-likeness (QED) is 0.190. The van der Waals surface area contributed by atoms with Crippen LogP contribution in [-0.2, 0) is 32.4 Å². The summed E-state index contributed by atoms with van der Waals surface area (Å²) in [4.78, 5) is 50.9. The van der Waals surface area contributed by atoms with Gasteiger partial charge in [-0.25, -0.2) is 32.4 Å². The number of esters is 1. The Morgan fingerprint density at radius 1 is 0.925 bits per heavy atom. The number of ether oxygens (including phenoxy) is 2. The molecule has 13 heteroatoms. The van der Waals surface area contributed by atoms with Crippen LogP contribution in [0.25, 0.3) is 33.4 Å². The Balaban J connectivity index is 1.56. The maximum atomic E-state index is 14.3. The fraction of sp³-hybridized carbons (Fsp3) is 0.450. The molecule has 2 aromatic heterocycles. The molecule has 0 saturated carbocycles. The van der Waals surface area contributed by atoms with Gasteiger partial charge in [-0.05, 0) is 96.3 Å². The number of carbonyl (C=O) groups is 3. The van der Waals surface area contributed by atoms with Gasteiger partial charge in [0.1, 0.15) is 15.4 Å². The van der Waals surface area contributed by atoms with Gasteiger partial charge < -0.3 is 14.4 Å². The summed E-state index contributed by atoms with van der Waals surface area (Å²) in [7, 11) is -0.00461. The van der Waals surface area contributed by atoms with E-state index in [0.717, 1.165) is 22.3 Å². The van der Waals surface area contributed by atoms with Gasteiger partial charge in [0.05, 0.1) is 42.0 Å². The van der Waals surface area contributed by atoms with Crippen molar-refractivity contribution in [2.24, 2.45) is 0 Å². The van der Waals surface area contributed by atoms with E-state index in [1.807, 2.05) is 77.9 Å². The molecule has 1 fully saturated rings. The second kappa shape index (κ2) is 13.9. The van der Waals surface area contributed by atoms with Crippen LogP contribution in [0.5, 0.6) is 0 Å². The van der Waals surface area contributed by atoms with Crippen molar-refractivity contribution >= 4 is 44.7 Å². The van der Waals surface area contributed by atoms with Crippen LogP contribution in [-0.4, -0.2) is 95.8 Å². The van der Waals surface area contributed by atoms with Crippen molar-refractivity contribution in [2.75, 3.05) is 38.4 Å². The van der Waals surface area contributed by atoms with Crippen molar-refractivity contribution in [2.45, 2.75) is 83.9 Å². The zero-order valence-electron chi connectivity index (χ0n) is 32.0. The first kappa shape index (κ1) is 38.0. The molecule has 12 nitrogen and oxygen atoms in total. The zero-order chi connectivity index (χ0) is 38.6. The highest BCUT2D eigenvalue weighted by molar-refractivity contribution is 7.91. The van der Waals surface area contributed by atoms with Crippen LogP contribution in [0.15, 0.2) is 54.7 Å². The molecule has 4 aromatic rings. The van der Waals surface area contributed by atoms with Crippen LogP contribution in [0.2, 0.25) is 0 Å². The number of methoxy groups -OCH3 is 1. The first-order chi connectivity index (χ1) is 24.8. The summed E-state index contributed by atoms with van der Waals surface area (Å²) in [6, 6.07) is 14.9. The Morgan fingerprint density at radius 3 is 2.08 bits per heavy atom. The number of urea groups is 1. The Kier molecular flexibility index (Phi) is 9.97. The molecule has 2 aliphatic rings. The van der Waals surface area contributed by atoms with Gasteiger partial charge in [-0.2, -0.15) is 0 Å². The normalized spacial score (nSPS) is 16.2. The van der Waals surface area contributed by atoms with Crippen molar-refractivity contribution < 1.29 is 32.3 Å². The van der Waals surface area contributed by atoms with E-state index in [4.69, 9.17) is 14.5 Å². The summed E-state index contributed by atoms with van der Waals surface area (Å²) in [5.41, 5.74) is 4.69. The number of nitrogens with zero attached hydrogens (tertiary/aromatic N) is 5. The van der Waals surface area contributed by atoms with Gasteiger partial charge in [-0.3, -0.25) is 9.80 Å². The van der Waals surface area contributed by atoms with E-state index in [1.165, 1.54) is 17.9 Å². The molecular weight excluding hydrogens is 695 g/mol. The number of hydrogen-bond acceptors (Lipinski definition) is 9. The number of likely N-dealkylation sites (tertiary alicyclic amines) is 1. The number of benzene rings is 2. The Labute approximate surface area is 311 Å². The lowest BCUT2D eigenvalue weighted by atomic mass is 9.93. The molecule has 1 saturated heterocycles. The van der Waals surface area contributed by atoms with E-state index in [-0.39, 0.29) is 17.8 Å². The molecule has 0 unspecified atom stereocenters. The molecule has 0 aliphatic carbocycles. The van der Waals surface area contributed by atoms with E-state index < -0.39 is 33.0 Å². The lowest BCUT2D eigenvalue weighted by Gasteiger charge is -2.42. The average Bonchev–Trinajstić information content (AvgIpc) is 3.44. The predicted molar refractivity (Wildman–Crippen MR) is 206 cm³/mol. The molecule has 0 atom stereocenters. The van der Waals surface area contributed by atoms with Crippen molar-refractivity contribution in [1.29, 1.82) is 0 Å². The van der Waals surface area contributed by atoms with Crippen molar-refractivity contribution in [3.8, 4) is 22.4 Å². The molecule has 2 aliphatic heterocycles. The molecule has 6 rings (SSSR count). The Bertz CT molecular complexity index is 2170. The van der Waals surface area contributed by atoms with Crippen molar-refractivity contribution in [1.82, 2.24) is 19.4 Å². The summed E-state index contributed by atoms with van der Waals surface area (Å²) < 4.78 is 36.7. The molecule has 53 heavy (non-hydrogen) atoms. The molecule has 2 aromatic carbocycles. The van der Waals surface area contributed by atoms with Gasteiger partial charge in [0.2, 0.25) is 0 Å². The van der Waals surface area contributed by atoms with E-state index in [0.29, 0.717) is 66.0 Å². The number of rotatable bonds is 6. The van der Waals surface area contributed by atoms with Crippen molar-refractivity contribution in [3.63, 3.8) is 0 Å². The number of pyridine rings is 1. The fourth-order valence-corrected chi connectivity index (χ4v) is 8.30. The number of piperidine rings is 1. The Hall–Kier alpha value is -4.75. The first-order valence-corrected chi connectivity index (χ1v) is 19.8. The summed E-state index contributed by atoms with van der Waals surface area (Å²) in [5, 5.41) is 0.393. The first-order valence-electron chi connectivity index (χ1n) is 17.8. The second-order valence-corrected chi connectivity index (χ2v) is 18.4. The lowest BCUT2D eigenvalue weighted by Crippen LogP contribution is -2.53.